The Morgan fingerprint density at radius 1 is 1.07 bits per heavy atom. The SMILES string of the molecule is [C-]#[N+]c1ccc(-c2c(-c3ccc(C)cc3)ncc3c2ccn3C[C@@H]2CCNC2)cc1. The van der Waals surface area contributed by atoms with Crippen LogP contribution in [-0.2, 0) is 6.54 Å². The van der Waals surface area contributed by atoms with Gasteiger partial charge in [0.2, 0.25) is 0 Å². The van der Waals surface area contributed by atoms with Crippen molar-refractivity contribution >= 4 is 16.6 Å². The molecule has 1 saturated heterocycles. The molecule has 0 radical (unpaired) electrons. The maximum absolute atomic E-state index is 7.26. The molecule has 30 heavy (non-hydrogen) atoms. The third-order valence-electron chi connectivity index (χ3n) is 6.06. The van der Waals surface area contributed by atoms with Gasteiger partial charge in [0.05, 0.1) is 24.0 Å². The Bertz CT molecular complexity index is 1220. The van der Waals surface area contributed by atoms with Gasteiger partial charge in [-0.1, -0.05) is 54.1 Å². The zero-order valence-electron chi connectivity index (χ0n) is 17.1. The van der Waals surface area contributed by atoms with Crippen molar-refractivity contribution in [2.45, 2.75) is 19.9 Å². The van der Waals surface area contributed by atoms with E-state index in [1.807, 2.05) is 30.5 Å². The zero-order valence-corrected chi connectivity index (χ0v) is 17.1. The summed E-state index contributed by atoms with van der Waals surface area (Å²) < 4.78 is 2.34. The van der Waals surface area contributed by atoms with Crippen LogP contribution in [0.1, 0.15) is 12.0 Å². The monoisotopic (exact) mass is 392 g/mol. The second-order valence-corrected chi connectivity index (χ2v) is 8.13. The molecule has 0 unspecified atom stereocenters. The van der Waals surface area contributed by atoms with Crippen LogP contribution in [0.5, 0.6) is 0 Å². The number of hydrogen-bond donors (Lipinski definition) is 1. The first-order chi connectivity index (χ1) is 14.7. The zero-order chi connectivity index (χ0) is 20.5. The third-order valence-corrected chi connectivity index (χ3v) is 6.06. The smallest absolute Gasteiger partial charge is 0.187 e. The van der Waals surface area contributed by atoms with Gasteiger partial charge in [0, 0.05) is 29.3 Å². The lowest BCUT2D eigenvalue weighted by molar-refractivity contribution is 0.491. The summed E-state index contributed by atoms with van der Waals surface area (Å²) in [6.45, 7) is 12.6. The number of hydrogen-bond acceptors (Lipinski definition) is 2. The van der Waals surface area contributed by atoms with Crippen molar-refractivity contribution in [1.29, 1.82) is 0 Å². The van der Waals surface area contributed by atoms with Gasteiger partial charge in [-0.3, -0.25) is 4.98 Å². The fraction of sp³-hybridized carbons (Fsp3) is 0.231. The summed E-state index contributed by atoms with van der Waals surface area (Å²) in [5.74, 6) is 0.666. The molecule has 1 atom stereocenters. The molecule has 4 aromatic rings. The van der Waals surface area contributed by atoms with Gasteiger partial charge in [-0.15, -0.1) is 0 Å². The molecule has 1 aliphatic rings. The highest BCUT2D eigenvalue weighted by atomic mass is 15.0. The van der Waals surface area contributed by atoms with E-state index in [4.69, 9.17) is 11.6 Å². The fourth-order valence-corrected chi connectivity index (χ4v) is 4.39. The summed E-state index contributed by atoms with van der Waals surface area (Å²) in [5.41, 5.74) is 7.38. The molecule has 4 nitrogen and oxygen atoms in total. The van der Waals surface area contributed by atoms with Crippen LogP contribution in [0.15, 0.2) is 67.0 Å². The van der Waals surface area contributed by atoms with Crippen LogP contribution in [0.2, 0.25) is 0 Å². The van der Waals surface area contributed by atoms with E-state index in [2.05, 4.69) is 58.2 Å². The first kappa shape index (κ1) is 18.6. The van der Waals surface area contributed by atoms with E-state index in [0.717, 1.165) is 42.0 Å². The van der Waals surface area contributed by atoms with Crippen molar-refractivity contribution in [3.05, 3.63) is 84.0 Å². The van der Waals surface area contributed by atoms with Crippen LogP contribution in [0.25, 0.3) is 38.1 Å². The molecule has 1 N–H and O–H groups in total. The first-order valence-corrected chi connectivity index (χ1v) is 10.5. The van der Waals surface area contributed by atoms with Gasteiger partial charge in [0.25, 0.3) is 0 Å². The second kappa shape index (κ2) is 7.78. The predicted molar refractivity (Wildman–Crippen MR) is 123 cm³/mol. The molecular formula is C26H24N4. The molecule has 148 valence electrons. The molecule has 3 heterocycles. The minimum absolute atomic E-state index is 0.655. The Morgan fingerprint density at radius 2 is 1.83 bits per heavy atom. The Labute approximate surface area is 177 Å². The van der Waals surface area contributed by atoms with E-state index in [0.29, 0.717) is 11.6 Å². The average molecular weight is 393 g/mol. The van der Waals surface area contributed by atoms with Gasteiger partial charge in [-0.2, -0.15) is 0 Å². The number of aromatic nitrogens is 2. The summed E-state index contributed by atoms with van der Waals surface area (Å²) in [6, 6.07) is 18.6. The van der Waals surface area contributed by atoms with E-state index in [9.17, 15) is 0 Å². The molecule has 2 aromatic carbocycles. The van der Waals surface area contributed by atoms with Crippen LogP contribution >= 0.6 is 0 Å². The molecule has 5 rings (SSSR count). The van der Waals surface area contributed by atoms with E-state index >= 15 is 0 Å². The molecule has 1 fully saturated rings. The molecule has 1 aliphatic heterocycles. The molecule has 0 amide bonds. The summed E-state index contributed by atoms with van der Waals surface area (Å²) in [5, 5.41) is 4.67. The molecule has 0 spiro atoms. The molecule has 0 bridgehead atoms. The maximum atomic E-state index is 7.26. The van der Waals surface area contributed by atoms with Gasteiger partial charge in [0.15, 0.2) is 5.69 Å². The van der Waals surface area contributed by atoms with Crippen LogP contribution in [0.3, 0.4) is 0 Å². The molecule has 0 aliphatic carbocycles. The summed E-state index contributed by atoms with van der Waals surface area (Å²) in [7, 11) is 0. The normalized spacial score (nSPS) is 16.1. The number of benzene rings is 2. The number of nitrogens with zero attached hydrogens (tertiary/aromatic N) is 3. The van der Waals surface area contributed by atoms with Gasteiger partial charge < -0.3 is 9.88 Å². The van der Waals surface area contributed by atoms with Crippen LogP contribution in [0, 0.1) is 19.4 Å². The standard InChI is InChI=1S/C26H24N4/c1-18-3-5-21(6-4-18)26-25(20-7-9-22(27-2)10-8-20)23-12-14-30(24(23)16-29-26)17-19-11-13-28-15-19/h3-10,12,14,16,19,28H,11,13,15,17H2,1H3/t19-/m1/s1. The Morgan fingerprint density at radius 3 is 2.53 bits per heavy atom. The Hall–Kier alpha value is -3.42. The topological polar surface area (TPSA) is 34.2 Å². The highest BCUT2D eigenvalue weighted by molar-refractivity contribution is 6.01. The third kappa shape index (κ3) is 3.38. The predicted octanol–water partition coefficient (Wildman–Crippen LogP) is 5.84. The van der Waals surface area contributed by atoms with Crippen molar-refractivity contribution in [2.75, 3.05) is 13.1 Å². The molecule has 0 saturated carbocycles. The number of nitrogens with one attached hydrogen (secondary N) is 1. The van der Waals surface area contributed by atoms with Crippen molar-refractivity contribution in [2.24, 2.45) is 5.92 Å². The number of rotatable bonds is 4. The number of pyridine rings is 1. The minimum Gasteiger partial charge on any atom is -0.346 e. The lowest BCUT2D eigenvalue weighted by Gasteiger charge is -2.14. The van der Waals surface area contributed by atoms with E-state index < -0.39 is 0 Å². The van der Waals surface area contributed by atoms with Gasteiger partial charge in [0.1, 0.15) is 0 Å². The fourth-order valence-electron chi connectivity index (χ4n) is 4.39. The number of fused-ring (bicyclic) bond motifs is 1. The molecular weight excluding hydrogens is 368 g/mol. The lowest BCUT2D eigenvalue weighted by Crippen LogP contribution is -2.14. The quantitative estimate of drug-likeness (QED) is 0.443. The minimum atomic E-state index is 0.655. The van der Waals surface area contributed by atoms with E-state index in [-0.39, 0.29) is 0 Å². The second-order valence-electron chi connectivity index (χ2n) is 8.13. The highest BCUT2D eigenvalue weighted by Crippen LogP contribution is 2.38. The van der Waals surface area contributed by atoms with Crippen molar-refractivity contribution in [3.8, 4) is 22.4 Å². The average Bonchev–Trinajstić information content (AvgIpc) is 3.44. The van der Waals surface area contributed by atoms with Crippen molar-refractivity contribution < 1.29 is 0 Å². The summed E-state index contributed by atoms with van der Waals surface area (Å²) in [4.78, 5) is 8.48. The Balaban J connectivity index is 1.68. The number of aryl methyl sites for hydroxylation is 1. The van der Waals surface area contributed by atoms with Gasteiger partial charge in [-0.05, 0) is 44.0 Å². The lowest BCUT2D eigenvalue weighted by atomic mass is 9.95. The van der Waals surface area contributed by atoms with Crippen LogP contribution in [-0.4, -0.2) is 22.6 Å². The molecule has 4 heteroatoms. The van der Waals surface area contributed by atoms with Crippen molar-refractivity contribution in [3.63, 3.8) is 0 Å². The Kier molecular flexibility index (Phi) is 4.82. The van der Waals surface area contributed by atoms with Gasteiger partial charge in [-0.25, -0.2) is 4.85 Å². The van der Waals surface area contributed by atoms with Crippen molar-refractivity contribution in [1.82, 2.24) is 14.9 Å². The summed E-state index contributed by atoms with van der Waals surface area (Å²) in [6.07, 6.45) is 5.43. The van der Waals surface area contributed by atoms with Crippen LogP contribution in [0.4, 0.5) is 5.69 Å². The van der Waals surface area contributed by atoms with Gasteiger partial charge >= 0.3 is 0 Å². The van der Waals surface area contributed by atoms with Crippen LogP contribution < -0.4 is 5.32 Å². The first-order valence-electron chi connectivity index (χ1n) is 10.5. The highest BCUT2D eigenvalue weighted by Gasteiger charge is 2.19. The summed E-state index contributed by atoms with van der Waals surface area (Å²) >= 11 is 0. The van der Waals surface area contributed by atoms with E-state index in [1.165, 1.54) is 22.9 Å². The van der Waals surface area contributed by atoms with E-state index in [1.54, 1.807) is 0 Å². The molecule has 2 aromatic heterocycles. The largest absolute Gasteiger partial charge is 0.346 e. The maximum Gasteiger partial charge on any atom is 0.187 e.